The third kappa shape index (κ3) is 3.91. The maximum Gasteiger partial charge on any atom is 0.269 e. The van der Waals surface area contributed by atoms with E-state index in [2.05, 4.69) is 5.32 Å². The molecule has 5 heteroatoms. The molecule has 114 valence electrons. The van der Waals surface area contributed by atoms with Gasteiger partial charge in [-0.3, -0.25) is 14.9 Å². The fourth-order valence-electron chi connectivity index (χ4n) is 2.28. The molecule has 0 aliphatic heterocycles. The summed E-state index contributed by atoms with van der Waals surface area (Å²) in [6.07, 6.45) is 0.362. The zero-order chi connectivity index (χ0) is 16.1. The average molecular weight is 298 g/mol. The lowest BCUT2D eigenvalue weighted by Crippen LogP contribution is -2.15. The highest BCUT2D eigenvalue weighted by molar-refractivity contribution is 5.92. The number of anilines is 1. The number of nitrogens with one attached hydrogen (secondary N) is 1. The Bertz CT molecular complexity index is 684. The van der Waals surface area contributed by atoms with E-state index in [0.29, 0.717) is 17.7 Å². The van der Waals surface area contributed by atoms with Crippen LogP contribution in [0.3, 0.4) is 0 Å². The molecular formula is C17H18N2O3. The Morgan fingerprint density at radius 2 is 1.91 bits per heavy atom. The molecule has 0 bridgehead atoms. The quantitative estimate of drug-likeness (QED) is 0.669. The van der Waals surface area contributed by atoms with Gasteiger partial charge >= 0.3 is 0 Å². The zero-order valence-corrected chi connectivity index (χ0v) is 12.6. The summed E-state index contributed by atoms with van der Waals surface area (Å²) >= 11 is 0. The van der Waals surface area contributed by atoms with Crippen molar-refractivity contribution in [3.05, 3.63) is 69.8 Å². The number of amides is 1. The summed E-state index contributed by atoms with van der Waals surface area (Å²) in [6, 6.07) is 14.2. The first-order chi connectivity index (χ1) is 10.5. The number of nitro groups is 1. The highest BCUT2D eigenvalue weighted by Gasteiger charge is 2.13. The van der Waals surface area contributed by atoms with Crippen LogP contribution in [0.5, 0.6) is 0 Å². The van der Waals surface area contributed by atoms with Gasteiger partial charge < -0.3 is 5.32 Å². The number of carbonyl (C=O) groups is 1. The van der Waals surface area contributed by atoms with E-state index in [-0.39, 0.29) is 17.5 Å². The number of aryl methyl sites for hydroxylation is 1. The third-order valence-electron chi connectivity index (χ3n) is 3.56. The summed E-state index contributed by atoms with van der Waals surface area (Å²) in [5.41, 5.74) is 2.41. The van der Waals surface area contributed by atoms with E-state index >= 15 is 0 Å². The number of rotatable bonds is 5. The molecule has 1 unspecified atom stereocenters. The Balaban J connectivity index is 2.02. The van der Waals surface area contributed by atoms with Gasteiger partial charge in [-0.2, -0.15) is 0 Å². The van der Waals surface area contributed by atoms with Crippen molar-refractivity contribution in [3.8, 4) is 0 Å². The molecule has 1 atom stereocenters. The van der Waals surface area contributed by atoms with Crippen LogP contribution in [0.1, 0.15) is 30.4 Å². The van der Waals surface area contributed by atoms with Gasteiger partial charge in [-0.05, 0) is 30.0 Å². The van der Waals surface area contributed by atoms with Gasteiger partial charge in [-0.1, -0.05) is 37.3 Å². The Morgan fingerprint density at radius 1 is 1.23 bits per heavy atom. The van der Waals surface area contributed by atoms with Gasteiger partial charge in [0.15, 0.2) is 0 Å². The molecule has 2 rings (SSSR count). The van der Waals surface area contributed by atoms with Gasteiger partial charge in [-0.15, -0.1) is 0 Å². The van der Waals surface area contributed by atoms with Crippen LogP contribution < -0.4 is 5.32 Å². The van der Waals surface area contributed by atoms with E-state index in [4.69, 9.17) is 0 Å². The fourth-order valence-corrected chi connectivity index (χ4v) is 2.28. The number of hydrogen-bond donors (Lipinski definition) is 1. The van der Waals surface area contributed by atoms with Crippen LogP contribution in [0.2, 0.25) is 0 Å². The van der Waals surface area contributed by atoms with E-state index in [9.17, 15) is 14.9 Å². The lowest BCUT2D eigenvalue weighted by Gasteiger charge is -2.13. The topological polar surface area (TPSA) is 72.2 Å². The second-order valence-corrected chi connectivity index (χ2v) is 5.32. The van der Waals surface area contributed by atoms with Gasteiger partial charge in [0.1, 0.15) is 0 Å². The highest BCUT2D eigenvalue weighted by Crippen LogP contribution is 2.23. The minimum atomic E-state index is -0.448. The summed E-state index contributed by atoms with van der Waals surface area (Å²) < 4.78 is 0. The maximum absolute atomic E-state index is 12.1. The molecule has 0 spiro atoms. The molecule has 1 N–H and O–H groups in total. The molecule has 0 saturated carbocycles. The average Bonchev–Trinajstić information content (AvgIpc) is 2.50. The van der Waals surface area contributed by atoms with Crippen LogP contribution in [0.25, 0.3) is 0 Å². The zero-order valence-electron chi connectivity index (χ0n) is 12.6. The van der Waals surface area contributed by atoms with Crippen LogP contribution in [-0.4, -0.2) is 10.8 Å². The Kier molecular flexibility index (Phi) is 4.88. The van der Waals surface area contributed by atoms with Crippen LogP contribution in [0, 0.1) is 17.0 Å². The lowest BCUT2D eigenvalue weighted by atomic mass is 9.97. The van der Waals surface area contributed by atoms with Crippen molar-refractivity contribution in [1.82, 2.24) is 0 Å². The van der Waals surface area contributed by atoms with E-state index in [0.717, 1.165) is 5.56 Å². The van der Waals surface area contributed by atoms with Gasteiger partial charge in [-0.25, -0.2) is 0 Å². The highest BCUT2D eigenvalue weighted by atomic mass is 16.6. The van der Waals surface area contributed by atoms with Crippen LogP contribution in [-0.2, 0) is 4.79 Å². The van der Waals surface area contributed by atoms with Crippen molar-refractivity contribution < 1.29 is 9.72 Å². The second kappa shape index (κ2) is 6.85. The summed E-state index contributed by atoms with van der Waals surface area (Å²) in [5, 5.41) is 13.5. The molecule has 22 heavy (non-hydrogen) atoms. The standard InChI is InChI=1S/C17H18N2O3/c1-12(14-6-4-3-5-7-14)11-17(20)18-16-9-8-15(19(21)22)10-13(16)2/h3-10,12H,11H2,1-2H3,(H,18,20). The van der Waals surface area contributed by atoms with Crippen molar-refractivity contribution in [2.45, 2.75) is 26.2 Å². The van der Waals surface area contributed by atoms with Gasteiger partial charge in [0, 0.05) is 24.2 Å². The van der Waals surface area contributed by atoms with Crippen molar-refractivity contribution in [2.24, 2.45) is 0 Å². The molecule has 0 fully saturated rings. The minimum absolute atomic E-state index is 0.0214. The lowest BCUT2D eigenvalue weighted by molar-refractivity contribution is -0.384. The van der Waals surface area contributed by atoms with E-state index in [1.165, 1.54) is 12.1 Å². The second-order valence-electron chi connectivity index (χ2n) is 5.32. The van der Waals surface area contributed by atoms with Crippen LogP contribution in [0.4, 0.5) is 11.4 Å². The number of benzene rings is 2. The number of carbonyl (C=O) groups excluding carboxylic acids is 1. The number of non-ortho nitro benzene ring substituents is 1. The van der Waals surface area contributed by atoms with Crippen molar-refractivity contribution in [2.75, 3.05) is 5.32 Å². The summed E-state index contributed by atoms with van der Waals surface area (Å²) in [4.78, 5) is 22.4. The minimum Gasteiger partial charge on any atom is -0.326 e. The monoisotopic (exact) mass is 298 g/mol. The Hall–Kier alpha value is -2.69. The number of nitro benzene ring substituents is 1. The molecule has 0 heterocycles. The van der Waals surface area contributed by atoms with Crippen LogP contribution in [0.15, 0.2) is 48.5 Å². The molecule has 0 radical (unpaired) electrons. The summed E-state index contributed by atoms with van der Waals surface area (Å²) in [5.74, 6) is 0.00728. The maximum atomic E-state index is 12.1. The van der Waals surface area contributed by atoms with Gasteiger partial charge in [0.25, 0.3) is 5.69 Å². The molecule has 2 aromatic rings. The van der Waals surface area contributed by atoms with Crippen molar-refractivity contribution in [3.63, 3.8) is 0 Å². The first kappa shape index (κ1) is 15.7. The first-order valence-corrected chi connectivity index (χ1v) is 7.07. The normalized spacial score (nSPS) is 11.7. The van der Waals surface area contributed by atoms with E-state index < -0.39 is 4.92 Å². The first-order valence-electron chi connectivity index (χ1n) is 7.07. The molecule has 0 aromatic heterocycles. The number of nitrogens with zero attached hydrogens (tertiary/aromatic N) is 1. The number of hydrogen-bond acceptors (Lipinski definition) is 3. The molecule has 0 aliphatic carbocycles. The van der Waals surface area contributed by atoms with E-state index in [1.807, 2.05) is 37.3 Å². The van der Waals surface area contributed by atoms with Gasteiger partial charge in [0.05, 0.1) is 4.92 Å². The largest absolute Gasteiger partial charge is 0.326 e. The summed E-state index contributed by atoms with van der Waals surface area (Å²) in [6.45, 7) is 3.74. The Morgan fingerprint density at radius 3 is 2.50 bits per heavy atom. The predicted molar refractivity (Wildman–Crippen MR) is 85.9 cm³/mol. The smallest absolute Gasteiger partial charge is 0.269 e. The van der Waals surface area contributed by atoms with Crippen molar-refractivity contribution >= 4 is 17.3 Å². The van der Waals surface area contributed by atoms with Crippen LogP contribution >= 0.6 is 0 Å². The third-order valence-corrected chi connectivity index (χ3v) is 3.56. The molecule has 5 nitrogen and oxygen atoms in total. The van der Waals surface area contributed by atoms with Crippen molar-refractivity contribution in [1.29, 1.82) is 0 Å². The fraction of sp³-hybridized carbons (Fsp3) is 0.235. The molecule has 1 amide bonds. The Labute approximate surface area is 129 Å². The molecule has 0 saturated heterocycles. The van der Waals surface area contributed by atoms with E-state index in [1.54, 1.807) is 13.0 Å². The predicted octanol–water partition coefficient (Wildman–Crippen LogP) is 4.04. The molecular weight excluding hydrogens is 280 g/mol. The SMILES string of the molecule is Cc1cc([N+](=O)[O-])ccc1NC(=O)CC(C)c1ccccc1. The molecule has 0 aliphatic rings. The molecule has 2 aromatic carbocycles. The van der Waals surface area contributed by atoms with Gasteiger partial charge in [0.2, 0.25) is 5.91 Å². The summed E-state index contributed by atoms with van der Waals surface area (Å²) in [7, 11) is 0.